The van der Waals surface area contributed by atoms with Crippen molar-refractivity contribution >= 4 is 55.9 Å². The molecule has 2 atom stereocenters. The molecule has 0 N–H and O–H groups in total. The number of dihydropyridines is 1. The van der Waals surface area contributed by atoms with Crippen LogP contribution < -0.4 is 0 Å². The molecule has 1 aliphatic heterocycles. The molecule has 6 aromatic carbocycles. The van der Waals surface area contributed by atoms with Crippen LogP contribution in [0.25, 0.3) is 94.8 Å². The van der Waals surface area contributed by atoms with Crippen LogP contribution >= 0.6 is 0 Å². The van der Waals surface area contributed by atoms with Gasteiger partial charge in [-0.3, -0.25) is 4.99 Å². The van der Waals surface area contributed by atoms with Crippen LogP contribution in [0.4, 0.5) is 0 Å². The average Bonchev–Trinajstić information content (AvgIpc) is 3.82. The highest BCUT2D eigenvalue weighted by Crippen LogP contribution is 2.44. The highest BCUT2D eigenvalue weighted by Gasteiger charge is 2.27. The molecule has 0 spiro atoms. The first-order valence-electron chi connectivity index (χ1n) is 19.9. The quantitative estimate of drug-likeness (QED) is 0.176. The second-order valence-electron chi connectivity index (χ2n) is 15.2. The van der Waals surface area contributed by atoms with E-state index in [1.54, 1.807) is 0 Å². The van der Waals surface area contributed by atoms with Crippen molar-refractivity contribution in [2.45, 2.75) is 6.04 Å². The van der Waals surface area contributed by atoms with Crippen LogP contribution in [0.5, 0.6) is 0 Å². The van der Waals surface area contributed by atoms with Gasteiger partial charge < -0.3 is 9.13 Å². The van der Waals surface area contributed by atoms with Gasteiger partial charge in [0.25, 0.3) is 0 Å². The number of pyridine rings is 2. The third-order valence-corrected chi connectivity index (χ3v) is 11.8. The molecule has 5 heteroatoms. The minimum Gasteiger partial charge on any atom is -0.309 e. The Morgan fingerprint density at radius 3 is 1.71 bits per heavy atom. The van der Waals surface area contributed by atoms with E-state index >= 15 is 0 Å². The molecule has 0 radical (unpaired) electrons. The summed E-state index contributed by atoms with van der Waals surface area (Å²) in [5, 5.41) is 4.90. The Morgan fingerprint density at radius 2 is 1.03 bits per heavy atom. The van der Waals surface area contributed by atoms with Gasteiger partial charge in [0.1, 0.15) is 6.04 Å². The molecule has 2 aliphatic rings. The van der Waals surface area contributed by atoms with Crippen LogP contribution in [0.15, 0.2) is 193 Å². The molecule has 2 unspecified atom stereocenters. The number of fused-ring (bicyclic) bond motifs is 10. The fourth-order valence-electron chi connectivity index (χ4n) is 9.22. The standard InChI is InChI=1S/C53H35N5/c1-3-13-34(14-4-1)44-32-40(33-45(55-44)35-15-5-2-6-16-35)58-47-23-10-8-21-42(47)51-49(58)29-28-48-50(51)41-20-7-9-22-46(41)57(48)39-19-11-17-38(31-39)43-27-26-37-25-24-36-18-12-30-54-52(36)53(37)56-43/h1-33,36,52H. The second-order valence-corrected chi connectivity index (χ2v) is 15.2. The third kappa shape index (κ3) is 5.07. The van der Waals surface area contributed by atoms with Gasteiger partial charge in [0.15, 0.2) is 0 Å². The van der Waals surface area contributed by atoms with Gasteiger partial charge in [-0.05, 0) is 66.2 Å². The van der Waals surface area contributed by atoms with E-state index < -0.39 is 0 Å². The highest BCUT2D eigenvalue weighted by molar-refractivity contribution is 6.29. The van der Waals surface area contributed by atoms with E-state index in [4.69, 9.17) is 15.0 Å². The number of allylic oxidation sites excluding steroid dienone is 1. The summed E-state index contributed by atoms with van der Waals surface area (Å²) in [6.07, 6.45) is 10.6. The summed E-state index contributed by atoms with van der Waals surface area (Å²) in [6.45, 7) is 0. The zero-order valence-corrected chi connectivity index (χ0v) is 31.4. The summed E-state index contributed by atoms with van der Waals surface area (Å²) in [7, 11) is 0. The van der Waals surface area contributed by atoms with Gasteiger partial charge in [-0.15, -0.1) is 0 Å². The maximum atomic E-state index is 5.26. The van der Waals surface area contributed by atoms with Gasteiger partial charge in [-0.2, -0.15) is 0 Å². The summed E-state index contributed by atoms with van der Waals surface area (Å²) in [6, 6.07) is 60.8. The van der Waals surface area contributed by atoms with Crippen molar-refractivity contribution in [1.82, 2.24) is 19.1 Å². The van der Waals surface area contributed by atoms with Crippen molar-refractivity contribution in [2.24, 2.45) is 10.9 Å². The molecule has 0 saturated carbocycles. The summed E-state index contributed by atoms with van der Waals surface area (Å²) in [4.78, 5) is 15.3. The molecular weight excluding hydrogens is 707 g/mol. The Hall–Kier alpha value is -7.63. The summed E-state index contributed by atoms with van der Waals surface area (Å²) >= 11 is 0. The number of rotatable bonds is 5. The van der Waals surface area contributed by atoms with Gasteiger partial charge in [-0.1, -0.05) is 133 Å². The lowest BCUT2D eigenvalue weighted by molar-refractivity contribution is 0.594. The van der Waals surface area contributed by atoms with Crippen molar-refractivity contribution in [3.05, 3.63) is 199 Å². The van der Waals surface area contributed by atoms with E-state index in [1.807, 2.05) is 12.3 Å². The molecule has 0 amide bonds. The Kier molecular flexibility index (Phi) is 7.29. The van der Waals surface area contributed by atoms with Crippen LogP contribution in [-0.2, 0) is 0 Å². The Morgan fingerprint density at radius 1 is 0.431 bits per heavy atom. The first-order valence-corrected chi connectivity index (χ1v) is 19.9. The largest absolute Gasteiger partial charge is 0.309 e. The maximum absolute atomic E-state index is 5.26. The number of aromatic nitrogens is 4. The molecule has 272 valence electrons. The predicted octanol–water partition coefficient (Wildman–Crippen LogP) is 13.0. The van der Waals surface area contributed by atoms with Crippen LogP contribution in [0.2, 0.25) is 0 Å². The molecule has 5 nitrogen and oxygen atoms in total. The minimum absolute atomic E-state index is 0.0111. The highest BCUT2D eigenvalue weighted by atomic mass is 15.0. The lowest BCUT2D eigenvalue weighted by atomic mass is 9.87. The second kappa shape index (κ2) is 13.0. The van der Waals surface area contributed by atoms with Crippen molar-refractivity contribution in [3.63, 3.8) is 0 Å². The van der Waals surface area contributed by atoms with Crippen LogP contribution in [0.3, 0.4) is 0 Å². The molecule has 10 aromatic rings. The molecule has 58 heavy (non-hydrogen) atoms. The van der Waals surface area contributed by atoms with Crippen molar-refractivity contribution in [2.75, 3.05) is 0 Å². The minimum atomic E-state index is 0.0111. The van der Waals surface area contributed by atoms with E-state index in [0.717, 1.165) is 78.5 Å². The van der Waals surface area contributed by atoms with E-state index in [9.17, 15) is 0 Å². The van der Waals surface area contributed by atoms with Gasteiger partial charge in [0.2, 0.25) is 0 Å². The SMILES string of the molecule is C1=CC2C=Cc3ccc(-c4cccc(-n5c6ccccc6c6c7c8ccccc8n(-c8cc(-c9ccccc9)nc(-c9ccccc9)c8)c7ccc65)c4)nc3C2N=C1. The molecule has 1 aliphatic carbocycles. The van der Waals surface area contributed by atoms with Crippen molar-refractivity contribution in [3.8, 4) is 45.1 Å². The molecule has 0 bridgehead atoms. The molecular formula is C53H35N5. The number of hydrogen-bond acceptors (Lipinski definition) is 3. The summed E-state index contributed by atoms with van der Waals surface area (Å²) in [5.74, 6) is 0.238. The number of hydrogen-bond donors (Lipinski definition) is 0. The predicted molar refractivity (Wildman–Crippen MR) is 240 cm³/mol. The van der Waals surface area contributed by atoms with Gasteiger partial charge in [0, 0.05) is 56.1 Å². The fraction of sp³-hybridized carbons (Fsp3) is 0.0377. The Balaban J connectivity index is 1.08. The monoisotopic (exact) mass is 741 g/mol. The van der Waals surface area contributed by atoms with Crippen LogP contribution in [0.1, 0.15) is 17.3 Å². The zero-order valence-electron chi connectivity index (χ0n) is 31.4. The van der Waals surface area contributed by atoms with Crippen LogP contribution in [-0.4, -0.2) is 25.3 Å². The van der Waals surface area contributed by atoms with E-state index in [0.29, 0.717) is 0 Å². The third-order valence-electron chi connectivity index (χ3n) is 11.8. The Bertz CT molecular complexity index is 3290. The van der Waals surface area contributed by atoms with E-state index in [2.05, 4.69) is 197 Å². The van der Waals surface area contributed by atoms with Crippen molar-refractivity contribution in [1.29, 1.82) is 0 Å². The normalized spacial score (nSPS) is 15.7. The number of aliphatic imine (C=N–C) groups is 1. The van der Waals surface area contributed by atoms with E-state index in [1.165, 1.54) is 21.5 Å². The molecule has 12 rings (SSSR count). The first-order chi connectivity index (χ1) is 28.8. The molecule has 0 saturated heterocycles. The fourth-order valence-corrected chi connectivity index (χ4v) is 9.22. The zero-order chi connectivity index (χ0) is 38.2. The van der Waals surface area contributed by atoms with Gasteiger partial charge in [-0.25, -0.2) is 9.97 Å². The topological polar surface area (TPSA) is 48.0 Å². The summed E-state index contributed by atoms with van der Waals surface area (Å²) < 4.78 is 4.84. The maximum Gasteiger partial charge on any atom is 0.102 e. The van der Waals surface area contributed by atoms with Crippen LogP contribution in [0, 0.1) is 5.92 Å². The first kappa shape index (κ1) is 32.6. The average molecular weight is 742 g/mol. The molecule has 5 heterocycles. The molecule has 4 aromatic heterocycles. The number of benzene rings is 6. The summed E-state index contributed by atoms with van der Waals surface area (Å²) in [5.41, 5.74) is 15.0. The molecule has 0 fully saturated rings. The lowest BCUT2D eigenvalue weighted by Gasteiger charge is -2.26. The van der Waals surface area contributed by atoms with Gasteiger partial charge >= 0.3 is 0 Å². The number of para-hydroxylation sites is 2. The number of nitrogens with zero attached hydrogens (tertiary/aromatic N) is 5. The van der Waals surface area contributed by atoms with E-state index in [-0.39, 0.29) is 12.0 Å². The Labute approximate surface area is 335 Å². The lowest BCUT2D eigenvalue weighted by Crippen LogP contribution is -2.16. The smallest absolute Gasteiger partial charge is 0.102 e. The van der Waals surface area contributed by atoms with Crippen molar-refractivity contribution < 1.29 is 0 Å². The van der Waals surface area contributed by atoms with Gasteiger partial charge in [0.05, 0.1) is 50.5 Å².